The van der Waals surface area contributed by atoms with E-state index in [2.05, 4.69) is 54.1 Å². The van der Waals surface area contributed by atoms with E-state index in [1.54, 1.807) is 11.3 Å². The zero-order valence-corrected chi connectivity index (χ0v) is 15.6. The fraction of sp³-hybridized carbons (Fsp3) is 0.500. The van der Waals surface area contributed by atoms with Crippen molar-refractivity contribution in [1.82, 2.24) is 9.88 Å². The zero-order valence-electron chi connectivity index (χ0n) is 14.8. The average molecular weight is 343 g/mol. The van der Waals surface area contributed by atoms with E-state index in [0.717, 1.165) is 47.8 Å². The van der Waals surface area contributed by atoms with Gasteiger partial charge in [-0.05, 0) is 38.2 Å². The highest BCUT2D eigenvalue weighted by atomic mass is 32.1. The van der Waals surface area contributed by atoms with Gasteiger partial charge in [-0.2, -0.15) is 0 Å². The summed E-state index contributed by atoms with van der Waals surface area (Å²) < 4.78 is 0. The number of benzene rings is 1. The molecule has 1 saturated heterocycles. The largest absolute Gasteiger partial charge is 0.334 e. The van der Waals surface area contributed by atoms with Crippen LogP contribution in [0.2, 0.25) is 0 Å². The Morgan fingerprint density at radius 2 is 2.08 bits per heavy atom. The third-order valence-corrected chi connectivity index (χ3v) is 6.32. The minimum absolute atomic E-state index is 0.182. The second-order valence-corrected chi connectivity index (χ2v) is 7.59. The van der Waals surface area contributed by atoms with E-state index in [4.69, 9.17) is 0 Å². The molecule has 1 amide bonds. The van der Waals surface area contributed by atoms with Gasteiger partial charge in [0.2, 0.25) is 0 Å². The molecular formula is C20H26N2OS. The summed E-state index contributed by atoms with van der Waals surface area (Å²) >= 11 is 1.57. The molecule has 2 heterocycles. The molecule has 24 heavy (non-hydrogen) atoms. The second kappa shape index (κ2) is 7.47. The van der Waals surface area contributed by atoms with Crippen molar-refractivity contribution in [3.05, 3.63) is 51.5 Å². The Hall–Kier alpha value is -1.68. The number of aromatic nitrogens is 1. The van der Waals surface area contributed by atoms with E-state index >= 15 is 0 Å². The van der Waals surface area contributed by atoms with Crippen molar-refractivity contribution in [3.8, 4) is 0 Å². The first-order chi connectivity index (χ1) is 11.7. The molecule has 0 aliphatic carbocycles. The maximum atomic E-state index is 13.2. The van der Waals surface area contributed by atoms with Crippen molar-refractivity contribution < 1.29 is 4.79 Å². The summed E-state index contributed by atoms with van der Waals surface area (Å²) in [4.78, 5) is 20.6. The molecule has 0 saturated carbocycles. The van der Waals surface area contributed by atoms with Crippen LogP contribution in [0.25, 0.3) is 0 Å². The number of hydrogen-bond acceptors (Lipinski definition) is 3. The van der Waals surface area contributed by atoms with Gasteiger partial charge in [-0.3, -0.25) is 4.79 Å². The molecule has 3 nitrogen and oxygen atoms in total. The van der Waals surface area contributed by atoms with Crippen molar-refractivity contribution in [2.75, 3.05) is 6.54 Å². The van der Waals surface area contributed by atoms with Gasteiger partial charge >= 0.3 is 0 Å². The third-order valence-electron chi connectivity index (χ3n) is 5.03. The minimum Gasteiger partial charge on any atom is -0.334 e. The summed E-state index contributed by atoms with van der Waals surface area (Å²) in [7, 11) is 0. The molecule has 0 spiro atoms. The molecule has 1 aliphatic heterocycles. The molecule has 1 aliphatic rings. The summed E-state index contributed by atoms with van der Waals surface area (Å²) in [6, 6.07) is 10.9. The molecule has 2 atom stereocenters. The van der Waals surface area contributed by atoms with Crippen molar-refractivity contribution in [1.29, 1.82) is 0 Å². The predicted octanol–water partition coefficient (Wildman–Crippen LogP) is 4.81. The number of carbonyl (C=O) groups is 1. The second-order valence-electron chi connectivity index (χ2n) is 6.51. The normalized spacial score (nSPS) is 18.8. The van der Waals surface area contributed by atoms with Gasteiger partial charge in [0.25, 0.3) is 5.91 Å². The standard InChI is InChI=1S/C20H26N2OS/c1-4-16(15-10-7-6-8-11-15)17-12-9-13-22(17)20(23)19-14(3)21-18(5-2)24-19/h6-8,10-11,16-17H,4-5,9,12-13H2,1-3H3. The fourth-order valence-electron chi connectivity index (χ4n) is 3.83. The summed E-state index contributed by atoms with van der Waals surface area (Å²) in [5, 5.41) is 1.06. The van der Waals surface area contributed by atoms with Crippen LogP contribution in [-0.4, -0.2) is 28.4 Å². The fourth-order valence-corrected chi connectivity index (χ4v) is 4.79. The van der Waals surface area contributed by atoms with E-state index in [1.165, 1.54) is 5.56 Å². The number of thiazole rings is 1. The van der Waals surface area contributed by atoms with Crippen molar-refractivity contribution in [2.24, 2.45) is 0 Å². The number of nitrogens with zero attached hydrogens (tertiary/aromatic N) is 2. The minimum atomic E-state index is 0.182. The quantitative estimate of drug-likeness (QED) is 0.781. The maximum Gasteiger partial charge on any atom is 0.266 e. The summed E-state index contributed by atoms with van der Waals surface area (Å²) in [6.45, 7) is 7.15. The zero-order chi connectivity index (χ0) is 17.1. The SMILES string of the molecule is CCc1nc(C)c(C(=O)N2CCCC2C(CC)c2ccccc2)s1. The Morgan fingerprint density at radius 1 is 1.33 bits per heavy atom. The van der Waals surface area contributed by atoms with Gasteiger partial charge < -0.3 is 4.90 Å². The topological polar surface area (TPSA) is 33.2 Å². The van der Waals surface area contributed by atoms with Crippen LogP contribution < -0.4 is 0 Å². The van der Waals surface area contributed by atoms with Crippen LogP contribution in [0.1, 0.15) is 65.0 Å². The molecule has 0 radical (unpaired) electrons. The van der Waals surface area contributed by atoms with Gasteiger partial charge in [-0.15, -0.1) is 11.3 Å². The lowest BCUT2D eigenvalue weighted by Crippen LogP contribution is -2.39. The van der Waals surface area contributed by atoms with E-state index in [-0.39, 0.29) is 5.91 Å². The molecule has 128 valence electrons. The van der Waals surface area contributed by atoms with Gasteiger partial charge in [0.1, 0.15) is 4.88 Å². The van der Waals surface area contributed by atoms with Crippen LogP contribution in [0, 0.1) is 6.92 Å². The molecule has 1 aromatic carbocycles. The van der Waals surface area contributed by atoms with Crippen molar-refractivity contribution >= 4 is 17.2 Å². The summed E-state index contributed by atoms with van der Waals surface area (Å²) in [6.07, 6.45) is 4.14. The lowest BCUT2D eigenvalue weighted by atomic mass is 9.87. The van der Waals surface area contributed by atoms with Crippen molar-refractivity contribution in [2.45, 2.75) is 58.4 Å². The van der Waals surface area contributed by atoms with Gasteiger partial charge in [-0.25, -0.2) is 4.98 Å². The summed E-state index contributed by atoms with van der Waals surface area (Å²) in [5.74, 6) is 0.595. The lowest BCUT2D eigenvalue weighted by Gasteiger charge is -2.31. The Bertz CT molecular complexity index is 695. The predicted molar refractivity (Wildman–Crippen MR) is 99.8 cm³/mol. The van der Waals surface area contributed by atoms with Crippen LogP contribution in [0.4, 0.5) is 0 Å². The molecule has 2 unspecified atom stereocenters. The smallest absolute Gasteiger partial charge is 0.266 e. The molecule has 4 heteroatoms. The first-order valence-electron chi connectivity index (χ1n) is 8.97. The van der Waals surface area contributed by atoms with Gasteiger partial charge in [0, 0.05) is 18.5 Å². The van der Waals surface area contributed by atoms with E-state index in [9.17, 15) is 4.79 Å². The number of amides is 1. The summed E-state index contributed by atoms with van der Waals surface area (Å²) in [5.41, 5.74) is 2.24. The van der Waals surface area contributed by atoms with Crippen LogP contribution in [-0.2, 0) is 6.42 Å². The van der Waals surface area contributed by atoms with Crippen molar-refractivity contribution in [3.63, 3.8) is 0 Å². The van der Waals surface area contributed by atoms with E-state index in [0.29, 0.717) is 12.0 Å². The average Bonchev–Trinajstić information content (AvgIpc) is 3.23. The molecule has 0 bridgehead atoms. The number of likely N-dealkylation sites (tertiary alicyclic amines) is 1. The monoisotopic (exact) mass is 342 g/mol. The van der Waals surface area contributed by atoms with Crippen LogP contribution in [0.5, 0.6) is 0 Å². The number of rotatable bonds is 5. The van der Waals surface area contributed by atoms with Crippen LogP contribution in [0.3, 0.4) is 0 Å². The third kappa shape index (κ3) is 3.25. The van der Waals surface area contributed by atoms with Gasteiger partial charge in [-0.1, -0.05) is 44.2 Å². The Balaban J connectivity index is 1.86. The first-order valence-corrected chi connectivity index (χ1v) is 9.79. The molecule has 2 aromatic rings. The van der Waals surface area contributed by atoms with Crippen LogP contribution >= 0.6 is 11.3 Å². The molecule has 1 aromatic heterocycles. The Labute approximate surface area is 148 Å². The van der Waals surface area contributed by atoms with Gasteiger partial charge in [0.15, 0.2) is 0 Å². The molecule has 0 N–H and O–H groups in total. The number of carbonyl (C=O) groups excluding carboxylic acids is 1. The molecule has 1 fully saturated rings. The van der Waals surface area contributed by atoms with E-state index in [1.807, 2.05) is 6.92 Å². The number of hydrogen-bond donors (Lipinski definition) is 0. The highest BCUT2D eigenvalue weighted by molar-refractivity contribution is 7.13. The molecular weight excluding hydrogens is 316 g/mol. The Kier molecular flexibility index (Phi) is 5.34. The lowest BCUT2D eigenvalue weighted by molar-refractivity contribution is 0.0718. The Morgan fingerprint density at radius 3 is 2.71 bits per heavy atom. The van der Waals surface area contributed by atoms with E-state index < -0.39 is 0 Å². The highest BCUT2D eigenvalue weighted by Gasteiger charge is 2.36. The van der Waals surface area contributed by atoms with Crippen LogP contribution in [0.15, 0.2) is 30.3 Å². The number of aryl methyl sites for hydroxylation is 2. The van der Waals surface area contributed by atoms with Gasteiger partial charge in [0.05, 0.1) is 10.7 Å². The highest BCUT2D eigenvalue weighted by Crippen LogP contribution is 2.35. The molecule has 3 rings (SSSR count). The first kappa shape index (κ1) is 17.2. The maximum absolute atomic E-state index is 13.2.